The maximum atomic E-state index is 5.80. The zero-order valence-electron chi connectivity index (χ0n) is 10.3. The molecule has 2 N–H and O–H groups in total. The maximum absolute atomic E-state index is 5.80. The van der Waals surface area contributed by atoms with Crippen molar-refractivity contribution in [1.29, 1.82) is 0 Å². The first-order valence-electron chi connectivity index (χ1n) is 6.56. The summed E-state index contributed by atoms with van der Waals surface area (Å²) in [6.07, 6.45) is 6.88. The van der Waals surface area contributed by atoms with Crippen LogP contribution in [0.1, 0.15) is 46.0 Å². The Morgan fingerprint density at radius 2 is 2.00 bits per heavy atom. The first kappa shape index (κ1) is 11.4. The molecule has 2 unspecified atom stereocenters. The topological polar surface area (TPSA) is 29.3 Å². The molecule has 2 fully saturated rings. The summed E-state index contributed by atoms with van der Waals surface area (Å²) < 4.78 is 0. The van der Waals surface area contributed by atoms with Crippen molar-refractivity contribution in [1.82, 2.24) is 4.90 Å². The van der Waals surface area contributed by atoms with Crippen molar-refractivity contribution in [2.75, 3.05) is 19.6 Å². The minimum atomic E-state index is 0.566. The highest BCUT2D eigenvalue weighted by Gasteiger charge is 2.36. The highest BCUT2D eigenvalue weighted by atomic mass is 15.2. The molecule has 1 aliphatic heterocycles. The Morgan fingerprint density at radius 1 is 1.20 bits per heavy atom. The van der Waals surface area contributed by atoms with Crippen LogP contribution in [-0.2, 0) is 0 Å². The second-order valence-corrected chi connectivity index (χ2v) is 6.19. The highest BCUT2D eigenvalue weighted by molar-refractivity contribution is 4.91. The second-order valence-electron chi connectivity index (χ2n) is 6.19. The third-order valence-corrected chi connectivity index (χ3v) is 4.52. The molecule has 88 valence electrons. The van der Waals surface area contributed by atoms with Gasteiger partial charge in [0.15, 0.2) is 0 Å². The summed E-state index contributed by atoms with van der Waals surface area (Å²) in [5.74, 6) is 0.797. The summed E-state index contributed by atoms with van der Waals surface area (Å²) in [6, 6.07) is 0.823. The number of hydrogen-bond donors (Lipinski definition) is 1. The lowest BCUT2D eigenvalue weighted by atomic mass is 9.78. The van der Waals surface area contributed by atoms with E-state index in [0.29, 0.717) is 5.41 Å². The Hall–Kier alpha value is -0.0800. The van der Waals surface area contributed by atoms with Gasteiger partial charge in [0.25, 0.3) is 0 Å². The van der Waals surface area contributed by atoms with E-state index in [2.05, 4.69) is 18.7 Å². The predicted octanol–water partition coefficient (Wildman–Crippen LogP) is 2.24. The fourth-order valence-corrected chi connectivity index (χ4v) is 3.08. The van der Waals surface area contributed by atoms with Crippen LogP contribution in [0.4, 0.5) is 0 Å². The summed E-state index contributed by atoms with van der Waals surface area (Å²) in [4.78, 5) is 2.72. The summed E-state index contributed by atoms with van der Waals surface area (Å²) in [5.41, 5.74) is 6.36. The monoisotopic (exact) mass is 210 g/mol. The number of nitrogens with two attached hydrogens (primary N) is 1. The van der Waals surface area contributed by atoms with E-state index in [1.807, 2.05) is 0 Å². The Morgan fingerprint density at radius 3 is 2.60 bits per heavy atom. The Kier molecular flexibility index (Phi) is 3.36. The van der Waals surface area contributed by atoms with Crippen LogP contribution < -0.4 is 5.73 Å². The molecule has 1 saturated carbocycles. The van der Waals surface area contributed by atoms with Gasteiger partial charge in [-0.15, -0.1) is 0 Å². The van der Waals surface area contributed by atoms with Crippen LogP contribution in [0, 0.1) is 11.3 Å². The normalized spacial score (nSPS) is 37.0. The third kappa shape index (κ3) is 2.54. The van der Waals surface area contributed by atoms with Crippen molar-refractivity contribution >= 4 is 0 Å². The zero-order chi connectivity index (χ0) is 10.9. The van der Waals surface area contributed by atoms with Gasteiger partial charge in [-0.25, -0.2) is 0 Å². The Bertz CT molecular complexity index is 211. The molecule has 2 nitrogen and oxygen atoms in total. The first-order valence-corrected chi connectivity index (χ1v) is 6.56. The van der Waals surface area contributed by atoms with E-state index in [-0.39, 0.29) is 0 Å². The molecule has 2 rings (SSSR count). The van der Waals surface area contributed by atoms with Gasteiger partial charge in [-0.1, -0.05) is 13.8 Å². The predicted molar refractivity (Wildman–Crippen MR) is 64.8 cm³/mol. The average Bonchev–Trinajstić information content (AvgIpc) is 2.27. The molecule has 1 heterocycles. The van der Waals surface area contributed by atoms with Gasteiger partial charge in [0.05, 0.1) is 0 Å². The quantitative estimate of drug-likeness (QED) is 0.757. The molecule has 0 aromatic carbocycles. The standard InChI is InChI=1S/C13H26N2/c1-13(2)6-3-8-15(9-7-13)12-5-4-11(12)10-14/h11-12H,3-10,14H2,1-2H3. The van der Waals surface area contributed by atoms with Gasteiger partial charge in [-0.2, -0.15) is 0 Å². The molecule has 15 heavy (non-hydrogen) atoms. The minimum absolute atomic E-state index is 0.566. The summed E-state index contributed by atoms with van der Waals surface area (Å²) >= 11 is 0. The Labute approximate surface area is 94.2 Å². The molecule has 0 aromatic rings. The van der Waals surface area contributed by atoms with Crippen LogP contribution in [-0.4, -0.2) is 30.6 Å². The maximum Gasteiger partial charge on any atom is 0.0136 e. The fraction of sp³-hybridized carbons (Fsp3) is 1.00. The van der Waals surface area contributed by atoms with E-state index < -0.39 is 0 Å². The van der Waals surface area contributed by atoms with E-state index in [0.717, 1.165) is 18.5 Å². The fourth-order valence-electron chi connectivity index (χ4n) is 3.08. The molecule has 0 amide bonds. The second kappa shape index (κ2) is 4.42. The molecule has 2 aliphatic rings. The van der Waals surface area contributed by atoms with Crippen molar-refractivity contribution in [2.45, 2.75) is 52.0 Å². The van der Waals surface area contributed by atoms with Crippen molar-refractivity contribution in [3.8, 4) is 0 Å². The molecule has 0 bridgehead atoms. The van der Waals surface area contributed by atoms with E-state index >= 15 is 0 Å². The molecule has 0 aromatic heterocycles. The molecule has 1 saturated heterocycles. The lowest BCUT2D eigenvalue weighted by molar-refractivity contribution is 0.0672. The smallest absolute Gasteiger partial charge is 0.0136 e. The van der Waals surface area contributed by atoms with Gasteiger partial charge in [0, 0.05) is 6.04 Å². The van der Waals surface area contributed by atoms with Crippen LogP contribution in [0.5, 0.6) is 0 Å². The molecule has 0 radical (unpaired) electrons. The largest absolute Gasteiger partial charge is 0.330 e. The molecule has 1 aliphatic carbocycles. The van der Waals surface area contributed by atoms with Gasteiger partial charge in [-0.05, 0) is 63.1 Å². The van der Waals surface area contributed by atoms with Crippen molar-refractivity contribution in [3.63, 3.8) is 0 Å². The molecule has 2 atom stereocenters. The van der Waals surface area contributed by atoms with Crippen LogP contribution >= 0.6 is 0 Å². The van der Waals surface area contributed by atoms with E-state index in [1.165, 1.54) is 45.2 Å². The lowest BCUT2D eigenvalue weighted by Gasteiger charge is -2.44. The third-order valence-electron chi connectivity index (χ3n) is 4.52. The van der Waals surface area contributed by atoms with E-state index in [1.54, 1.807) is 0 Å². The van der Waals surface area contributed by atoms with Crippen molar-refractivity contribution < 1.29 is 0 Å². The van der Waals surface area contributed by atoms with Crippen molar-refractivity contribution in [3.05, 3.63) is 0 Å². The minimum Gasteiger partial charge on any atom is -0.330 e. The summed E-state index contributed by atoms with van der Waals surface area (Å²) in [7, 11) is 0. The number of rotatable bonds is 2. The SMILES string of the molecule is CC1(C)CCCN(C2CCC2CN)CC1. The summed E-state index contributed by atoms with van der Waals surface area (Å²) in [5, 5.41) is 0. The van der Waals surface area contributed by atoms with Crippen LogP contribution in [0.2, 0.25) is 0 Å². The van der Waals surface area contributed by atoms with E-state index in [9.17, 15) is 0 Å². The van der Waals surface area contributed by atoms with Crippen LogP contribution in [0.15, 0.2) is 0 Å². The van der Waals surface area contributed by atoms with Gasteiger partial charge in [0.2, 0.25) is 0 Å². The molecular formula is C13H26N2. The lowest BCUT2D eigenvalue weighted by Crippen LogP contribution is -2.50. The van der Waals surface area contributed by atoms with Gasteiger partial charge in [0.1, 0.15) is 0 Å². The summed E-state index contributed by atoms with van der Waals surface area (Å²) in [6.45, 7) is 8.33. The number of likely N-dealkylation sites (tertiary alicyclic amines) is 1. The van der Waals surface area contributed by atoms with Crippen LogP contribution in [0.3, 0.4) is 0 Å². The Balaban J connectivity index is 1.88. The zero-order valence-corrected chi connectivity index (χ0v) is 10.3. The molecule has 0 spiro atoms. The van der Waals surface area contributed by atoms with Crippen LogP contribution in [0.25, 0.3) is 0 Å². The molecule has 2 heteroatoms. The molecular weight excluding hydrogens is 184 g/mol. The van der Waals surface area contributed by atoms with E-state index in [4.69, 9.17) is 5.73 Å². The average molecular weight is 210 g/mol. The van der Waals surface area contributed by atoms with Gasteiger partial charge >= 0.3 is 0 Å². The first-order chi connectivity index (χ1) is 7.12. The van der Waals surface area contributed by atoms with Gasteiger partial charge < -0.3 is 10.6 Å². The van der Waals surface area contributed by atoms with Crippen molar-refractivity contribution in [2.24, 2.45) is 17.1 Å². The highest BCUT2D eigenvalue weighted by Crippen LogP contribution is 2.36. The van der Waals surface area contributed by atoms with Gasteiger partial charge in [-0.3, -0.25) is 0 Å². The number of nitrogens with zero attached hydrogens (tertiary/aromatic N) is 1. The number of hydrogen-bond acceptors (Lipinski definition) is 2.